The first-order chi connectivity index (χ1) is 12.7. The third-order valence-corrected chi connectivity index (χ3v) is 4.39. The molecule has 0 aliphatic rings. The fraction of sp³-hybridized carbons (Fsp3) is 0.174. The van der Waals surface area contributed by atoms with Crippen molar-refractivity contribution in [2.45, 2.75) is 26.3 Å². The minimum absolute atomic E-state index is 0.0860. The van der Waals surface area contributed by atoms with Crippen LogP contribution < -0.4 is 5.32 Å². The van der Waals surface area contributed by atoms with E-state index in [2.05, 4.69) is 36.5 Å². The molecule has 0 radical (unpaired) electrons. The molecule has 1 N–H and O–H groups in total. The quantitative estimate of drug-likeness (QED) is 0.619. The lowest BCUT2D eigenvalue weighted by Gasteiger charge is -2.16. The number of carbonyl (C=O) groups is 1. The summed E-state index contributed by atoms with van der Waals surface area (Å²) in [7, 11) is 0. The van der Waals surface area contributed by atoms with Crippen LogP contribution in [0.5, 0.6) is 0 Å². The van der Waals surface area contributed by atoms with Gasteiger partial charge in [-0.3, -0.25) is 4.79 Å². The van der Waals surface area contributed by atoms with Crippen LogP contribution in [0.3, 0.4) is 0 Å². The number of rotatable bonds is 6. The Morgan fingerprint density at radius 1 is 1.04 bits per heavy atom. The van der Waals surface area contributed by atoms with E-state index in [4.69, 9.17) is 4.42 Å². The minimum atomic E-state index is -0.125. The largest absolute Gasteiger partial charge is 0.465 e. The van der Waals surface area contributed by atoms with Gasteiger partial charge in [0.05, 0.1) is 17.9 Å². The minimum Gasteiger partial charge on any atom is -0.465 e. The molecule has 3 aromatic rings. The number of aryl methyl sites for hydroxylation is 1. The van der Waals surface area contributed by atoms with Gasteiger partial charge < -0.3 is 9.73 Å². The van der Waals surface area contributed by atoms with Crippen molar-refractivity contribution in [1.29, 1.82) is 0 Å². The summed E-state index contributed by atoms with van der Waals surface area (Å²) in [5.74, 6) is 0.527. The number of carbonyl (C=O) groups excluding carboxylic acids is 1. The van der Waals surface area contributed by atoms with Gasteiger partial charge >= 0.3 is 0 Å². The lowest BCUT2D eigenvalue weighted by atomic mass is 10.0. The Morgan fingerprint density at radius 3 is 2.38 bits per heavy atom. The molecule has 3 nitrogen and oxygen atoms in total. The number of furan rings is 1. The summed E-state index contributed by atoms with van der Waals surface area (Å²) in [6.07, 6.45) is 4.38. The molecule has 3 heteroatoms. The first-order valence-corrected chi connectivity index (χ1v) is 8.87. The van der Waals surface area contributed by atoms with Crippen molar-refractivity contribution in [1.82, 2.24) is 5.32 Å². The summed E-state index contributed by atoms with van der Waals surface area (Å²) < 4.78 is 5.39. The SMILES string of the molecule is CCc1ccc([C@H](C)NC(=O)/C(=C/c2ccco2)c2ccccc2)cc1. The Labute approximate surface area is 154 Å². The molecular formula is C23H23NO2. The van der Waals surface area contributed by atoms with E-state index in [1.54, 1.807) is 12.3 Å². The number of hydrogen-bond acceptors (Lipinski definition) is 2. The molecule has 2 aromatic carbocycles. The predicted octanol–water partition coefficient (Wildman–Crippen LogP) is 5.26. The summed E-state index contributed by atoms with van der Waals surface area (Å²) >= 11 is 0. The lowest BCUT2D eigenvalue weighted by Crippen LogP contribution is -2.27. The average molecular weight is 345 g/mol. The lowest BCUT2D eigenvalue weighted by molar-refractivity contribution is -0.116. The molecule has 1 amide bonds. The highest BCUT2D eigenvalue weighted by Gasteiger charge is 2.16. The Balaban J connectivity index is 1.83. The van der Waals surface area contributed by atoms with Gasteiger partial charge in [0.15, 0.2) is 0 Å². The van der Waals surface area contributed by atoms with Crippen LogP contribution in [-0.2, 0) is 11.2 Å². The van der Waals surface area contributed by atoms with Crippen LogP contribution in [0.25, 0.3) is 11.6 Å². The fourth-order valence-corrected chi connectivity index (χ4v) is 2.81. The van der Waals surface area contributed by atoms with Gasteiger partial charge in [0.2, 0.25) is 0 Å². The molecule has 0 fully saturated rings. The highest BCUT2D eigenvalue weighted by Crippen LogP contribution is 2.21. The van der Waals surface area contributed by atoms with Gasteiger partial charge in [0.25, 0.3) is 5.91 Å². The van der Waals surface area contributed by atoms with Gasteiger partial charge in [0, 0.05) is 0 Å². The molecule has 0 spiro atoms. The highest BCUT2D eigenvalue weighted by atomic mass is 16.3. The zero-order valence-corrected chi connectivity index (χ0v) is 15.1. The zero-order valence-electron chi connectivity index (χ0n) is 15.1. The van der Waals surface area contributed by atoms with Crippen molar-refractivity contribution in [2.24, 2.45) is 0 Å². The monoisotopic (exact) mass is 345 g/mol. The second-order valence-electron chi connectivity index (χ2n) is 6.23. The van der Waals surface area contributed by atoms with E-state index in [-0.39, 0.29) is 11.9 Å². The summed E-state index contributed by atoms with van der Waals surface area (Å²) in [6, 6.07) is 21.5. The van der Waals surface area contributed by atoms with Gasteiger partial charge in [-0.25, -0.2) is 0 Å². The summed E-state index contributed by atoms with van der Waals surface area (Å²) in [5.41, 5.74) is 3.81. The number of benzene rings is 2. The molecule has 3 rings (SSSR count). The average Bonchev–Trinajstić information content (AvgIpc) is 3.20. The first kappa shape index (κ1) is 17.7. The second-order valence-corrected chi connectivity index (χ2v) is 6.23. The molecule has 0 saturated carbocycles. The van der Waals surface area contributed by atoms with Crippen LogP contribution in [0.2, 0.25) is 0 Å². The predicted molar refractivity (Wildman–Crippen MR) is 105 cm³/mol. The van der Waals surface area contributed by atoms with Gasteiger partial charge in [0.1, 0.15) is 5.76 Å². The summed E-state index contributed by atoms with van der Waals surface area (Å²) in [5, 5.41) is 3.10. The fourth-order valence-electron chi connectivity index (χ4n) is 2.81. The summed E-state index contributed by atoms with van der Waals surface area (Å²) in [6.45, 7) is 4.13. The Bertz CT molecular complexity index is 862. The molecular weight excluding hydrogens is 322 g/mol. The van der Waals surface area contributed by atoms with Crippen LogP contribution in [0.1, 0.15) is 42.3 Å². The van der Waals surface area contributed by atoms with Crippen LogP contribution in [0.15, 0.2) is 77.4 Å². The van der Waals surface area contributed by atoms with Gasteiger partial charge in [-0.1, -0.05) is 61.5 Å². The number of amides is 1. The van der Waals surface area contributed by atoms with Gasteiger partial charge in [-0.05, 0) is 48.2 Å². The molecule has 132 valence electrons. The van der Waals surface area contributed by atoms with Gasteiger partial charge in [-0.2, -0.15) is 0 Å². The topological polar surface area (TPSA) is 42.2 Å². The van der Waals surface area contributed by atoms with E-state index in [9.17, 15) is 4.79 Å². The van der Waals surface area contributed by atoms with Crippen molar-refractivity contribution in [2.75, 3.05) is 0 Å². The van der Waals surface area contributed by atoms with Crippen LogP contribution in [-0.4, -0.2) is 5.91 Å². The maximum atomic E-state index is 13.0. The van der Waals surface area contributed by atoms with Crippen LogP contribution in [0.4, 0.5) is 0 Å². The molecule has 26 heavy (non-hydrogen) atoms. The number of nitrogens with one attached hydrogen (secondary N) is 1. The molecule has 0 bridgehead atoms. The molecule has 1 atom stereocenters. The van der Waals surface area contributed by atoms with E-state index in [0.717, 1.165) is 17.5 Å². The highest BCUT2D eigenvalue weighted by molar-refractivity contribution is 6.24. The zero-order chi connectivity index (χ0) is 18.4. The maximum Gasteiger partial charge on any atom is 0.252 e. The molecule has 0 unspecified atom stereocenters. The van der Waals surface area contributed by atoms with Crippen molar-refractivity contribution in [3.63, 3.8) is 0 Å². The maximum absolute atomic E-state index is 13.0. The van der Waals surface area contributed by atoms with E-state index in [0.29, 0.717) is 11.3 Å². The van der Waals surface area contributed by atoms with Crippen molar-refractivity contribution >= 4 is 17.6 Å². The van der Waals surface area contributed by atoms with Crippen LogP contribution >= 0.6 is 0 Å². The summed E-state index contributed by atoms with van der Waals surface area (Å²) in [4.78, 5) is 13.0. The van der Waals surface area contributed by atoms with Crippen molar-refractivity contribution in [3.8, 4) is 0 Å². The Kier molecular flexibility index (Phi) is 5.69. The van der Waals surface area contributed by atoms with Crippen molar-refractivity contribution < 1.29 is 9.21 Å². The van der Waals surface area contributed by atoms with E-state index >= 15 is 0 Å². The third-order valence-electron chi connectivity index (χ3n) is 4.39. The normalized spacial score (nSPS) is 12.6. The third kappa shape index (κ3) is 4.31. The van der Waals surface area contributed by atoms with E-state index in [1.807, 2.05) is 49.4 Å². The molecule has 0 saturated heterocycles. The van der Waals surface area contributed by atoms with E-state index in [1.165, 1.54) is 5.56 Å². The Morgan fingerprint density at radius 2 is 1.77 bits per heavy atom. The van der Waals surface area contributed by atoms with Crippen molar-refractivity contribution in [3.05, 3.63) is 95.4 Å². The second kappa shape index (κ2) is 8.34. The smallest absolute Gasteiger partial charge is 0.252 e. The Hall–Kier alpha value is -3.07. The molecule has 1 aromatic heterocycles. The van der Waals surface area contributed by atoms with Crippen LogP contribution in [0, 0.1) is 0 Å². The molecule has 0 aliphatic carbocycles. The first-order valence-electron chi connectivity index (χ1n) is 8.87. The number of hydrogen-bond donors (Lipinski definition) is 1. The molecule has 0 aliphatic heterocycles. The van der Waals surface area contributed by atoms with Gasteiger partial charge in [-0.15, -0.1) is 0 Å². The van der Waals surface area contributed by atoms with E-state index < -0.39 is 0 Å². The standard InChI is InChI=1S/C23H23NO2/c1-3-18-11-13-19(14-12-18)17(2)24-23(25)22(16-21-10-7-15-26-21)20-8-5-4-6-9-20/h4-17H,3H2,1-2H3,(H,24,25)/b22-16+/t17-/m0/s1. The molecule has 1 heterocycles.